The standard InChI is InChI=1S/C22H31N3O2/c1-4-23-22(25-17(2)13-14-18-9-6-5-7-10-18)24-16-21(26)19-11-8-12-20(15-19)27-3/h5-12,15,17,21,26H,4,13-14,16H2,1-3H3,(H2,23,24,25). The van der Waals surface area contributed by atoms with Crippen LogP contribution in [0.3, 0.4) is 0 Å². The van der Waals surface area contributed by atoms with E-state index in [0.29, 0.717) is 0 Å². The van der Waals surface area contributed by atoms with Gasteiger partial charge >= 0.3 is 0 Å². The Labute approximate surface area is 162 Å². The molecule has 27 heavy (non-hydrogen) atoms. The molecule has 0 amide bonds. The number of methoxy groups -OCH3 is 1. The number of aliphatic hydroxyl groups is 1. The number of benzene rings is 2. The molecule has 5 heteroatoms. The summed E-state index contributed by atoms with van der Waals surface area (Å²) in [7, 11) is 1.62. The molecule has 0 saturated heterocycles. The van der Waals surface area contributed by atoms with Crippen molar-refractivity contribution < 1.29 is 9.84 Å². The molecule has 0 fully saturated rings. The van der Waals surface area contributed by atoms with Gasteiger partial charge in [0.25, 0.3) is 0 Å². The molecule has 5 nitrogen and oxygen atoms in total. The van der Waals surface area contributed by atoms with E-state index in [1.54, 1.807) is 7.11 Å². The van der Waals surface area contributed by atoms with Crippen LogP contribution in [0, 0.1) is 0 Å². The van der Waals surface area contributed by atoms with Gasteiger partial charge in [0.05, 0.1) is 19.8 Å². The summed E-state index contributed by atoms with van der Waals surface area (Å²) in [6.07, 6.45) is 1.35. The minimum Gasteiger partial charge on any atom is -0.497 e. The Bertz CT molecular complexity index is 704. The van der Waals surface area contributed by atoms with E-state index in [-0.39, 0.29) is 12.6 Å². The molecule has 0 aliphatic carbocycles. The number of rotatable bonds is 9. The summed E-state index contributed by atoms with van der Waals surface area (Å²) in [6, 6.07) is 18.2. The lowest BCUT2D eigenvalue weighted by Gasteiger charge is -2.18. The van der Waals surface area contributed by atoms with Crippen molar-refractivity contribution in [1.82, 2.24) is 10.6 Å². The van der Waals surface area contributed by atoms with Crippen LogP contribution in [0.15, 0.2) is 59.6 Å². The molecule has 3 N–H and O–H groups in total. The maximum absolute atomic E-state index is 10.4. The summed E-state index contributed by atoms with van der Waals surface area (Å²) in [4.78, 5) is 4.54. The maximum atomic E-state index is 10.4. The molecule has 0 saturated carbocycles. The van der Waals surface area contributed by atoms with Gasteiger partial charge in [0.1, 0.15) is 5.75 Å². The number of guanidine groups is 1. The van der Waals surface area contributed by atoms with E-state index in [0.717, 1.165) is 36.7 Å². The Balaban J connectivity index is 1.90. The molecule has 0 aromatic heterocycles. The van der Waals surface area contributed by atoms with E-state index in [2.05, 4.69) is 46.8 Å². The lowest BCUT2D eigenvalue weighted by atomic mass is 10.1. The van der Waals surface area contributed by atoms with Crippen molar-refractivity contribution in [1.29, 1.82) is 0 Å². The quantitative estimate of drug-likeness (QED) is 0.469. The zero-order valence-electron chi connectivity index (χ0n) is 16.5. The second-order valence-corrected chi connectivity index (χ2v) is 6.58. The van der Waals surface area contributed by atoms with Crippen molar-refractivity contribution >= 4 is 5.96 Å². The molecule has 0 radical (unpaired) electrons. The number of aryl methyl sites for hydroxylation is 1. The van der Waals surface area contributed by atoms with Crippen molar-refractivity contribution in [2.45, 2.75) is 38.8 Å². The molecule has 2 unspecified atom stereocenters. The molecule has 0 aliphatic rings. The summed E-state index contributed by atoms with van der Waals surface area (Å²) in [5, 5.41) is 17.1. The number of hydrogen-bond acceptors (Lipinski definition) is 3. The second kappa shape index (κ2) is 11.2. The van der Waals surface area contributed by atoms with Gasteiger partial charge in [-0.25, -0.2) is 0 Å². The van der Waals surface area contributed by atoms with Crippen LogP contribution >= 0.6 is 0 Å². The fraction of sp³-hybridized carbons (Fsp3) is 0.409. The normalized spacial score (nSPS) is 13.7. The van der Waals surface area contributed by atoms with Gasteiger partial charge in [0.15, 0.2) is 5.96 Å². The molecular formula is C22H31N3O2. The molecule has 146 valence electrons. The largest absolute Gasteiger partial charge is 0.497 e. The highest BCUT2D eigenvalue weighted by Crippen LogP contribution is 2.19. The van der Waals surface area contributed by atoms with Crippen molar-refractivity contribution in [2.24, 2.45) is 4.99 Å². The summed E-state index contributed by atoms with van der Waals surface area (Å²) >= 11 is 0. The molecule has 0 bridgehead atoms. The minimum atomic E-state index is -0.671. The number of hydrogen-bond donors (Lipinski definition) is 3. The first-order valence-electron chi connectivity index (χ1n) is 9.53. The van der Waals surface area contributed by atoms with E-state index in [4.69, 9.17) is 4.74 Å². The fourth-order valence-electron chi connectivity index (χ4n) is 2.79. The van der Waals surface area contributed by atoms with Crippen LogP contribution in [0.25, 0.3) is 0 Å². The van der Waals surface area contributed by atoms with E-state index in [9.17, 15) is 5.11 Å². The van der Waals surface area contributed by atoms with Crippen LogP contribution in [-0.4, -0.2) is 37.3 Å². The highest BCUT2D eigenvalue weighted by molar-refractivity contribution is 5.80. The van der Waals surface area contributed by atoms with Gasteiger partial charge in [-0.3, -0.25) is 4.99 Å². The molecule has 0 heterocycles. The zero-order chi connectivity index (χ0) is 19.5. The molecular weight excluding hydrogens is 338 g/mol. The van der Waals surface area contributed by atoms with E-state index < -0.39 is 6.10 Å². The smallest absolute Gasteiger partial charge is 0.191 e. The number of ether oxygens (including phenoxy) is 1. The number of nitrogens with one attached hydrogen (secondary N) is 2. The predicted octanol–water partition coefficient (Wildman–Crippen LogP) is 3.31. The summed E-state index contributed by atoms with van der Waals surface area (Å²) in [5.41, 5.74) is 2.13. The van der Waals surface area contributed by atoms with E-state index in [1.807, 2.05) is 37.3 Å². The Hall–Kier alpha value is -2.53. The van der Waals surface area contributed by atoms with Crippen LogP contribution < -0.4 is 15.4 Å². The third-order valence-corrected chi connectivity index (χ3v) is 4.34. The van der Waals surface area contributed by atoms with E-state index >= 15 is 0 Å². The predicted molar refractivity (Wildman–Crippen MR) is 111 cm³/mol. The zero-order valence-corrected chi connectivity index (χ0v) is 16.5. The molecule has 0 aliphatic heterocycles. The SMILES string of the molecule is CCNC(=NCC(O)c1cccc(OC)c1)NC(C)CCc1ccccc1. The topological polar surface area (TPSA) is 65.9 Å². The first kappa shape index (κ1) is 20.8. The van der Waals surface area contributed by atoms with Gasteiger partial charge in [-0.05, 0) is 49.9 Å². The lowest BCUT2D eigenvalue weighted by molar-refractivity contribution is 0.186. The lowest BCUT2D eigenvalue weighted by Crippen LogP contribution is -2.42. The molecule has 0 spiro atoms. The Morgan fingerprint density at radius 3 is 2.63 bits per heavy atom. The van der Waals surface area contributed by atoms with Crippen molar-refractivity contribution in [3.63, 3.8) is 0 Å². The van der Waals surface area contributed by atoms with Crippen LogP contribution in [0.5, 0.6) is 5.75 Å². The van der Waals surface area contributed by atoms with E-state index in [1.165, 1.54) is 5.56 Å². The Kier molecular flexibility index (Phi) is 8.65. The summed E-state index contributed by atoms with van der Waals surface area (Å²) in [5.74, 6) is 1.45. The van der Waals surface area contributed by atoms with Crippen LogP contribution in [-0.2, 0) is 6.42 Å². The summed E-state index contributed by atoms with van der Waals surface area (Å²) in [6.45, 7) is 5.24. The van der Waals surface area contributed by atoms with Gasteiger partial charge in [-0.2, -0.15) is 0 Å². The highest BCUT2D eigenvalue weighted by Gasteiger charge is 2.10. The van der Waals surface area contributed by atoms with Gasteiger partial charge in [-0.15, -0.1) is 0 Å². The van der Waals surface area contributed by atoms with Crippen molar-refractivity contribution in [3.8, 4) is 5.75 Å². The number of aliphatic hydroxyl groups excluding tert-OH is 1. The van der Waals surface area contributed by atoms with Gasteiger partial charge in [0.2, 0.25) is 0 Å². The number of aliphatic imine (C=N–C) groups is 1. The first-order valence-corrected chi connectivity index (χ1v) is 9.53. The second-order valence-electron chi connectivity index (χ2n) is 6.58. The van der Waals surface area contributed by atoms with Gasteiger partial charge in [0, 0.05) is 12.6 Å². The third kappa shape index (κ3) is 7.31. The molecule has 2 rings (SSSR count). The van der Waals surface area contributed by atoms with Crippen LogP contribution in [0.4, 0.5) is 0 Å². The molecule has 2 aromatic rings. The Morgan fingerprint density at radius 1 is 1.15 bits per heavy atom. The van der Waals surface area contributed by atoms with Crippen LogP contribution in [0.2, 0.25) is 0 Å². The van der Waals surface area contributed by atoms with Gasteiger partial charge in [-0.1, -0.05) is 42.5 Å². The third-order valence-electron chi connectivity index (χ3n) is 4.34. The van der Waals surface area contributed by atoms with Crippen LogP contribution in [0.1, 0.15) is 37.5 Å². The fourth-order valence-corrected chi connectivity index (χ4v) is 2.79. The maximum Gasteiger partial charge on any atom is 0.191 e. The van der Waals surface area contributed by atoms with Crippen molar-refractivity contribution in [2.75, 3.05) is 20.2 Å². The minimum absolute atomic E-state index is 0.275. The number of nitrogens with zero attached hydrogens (tertiary/aromatic N) is 1. The molecule has 2 atom stereocenters. The average molecular weight is 370 g/mol. The van der Waals surface area contributed by atoms with Crippen molar-refractivity contribution in [3.05, 3.63) is 65.7 Å². The van der Waals surface area contributed by atoms with Gasteiger partial charge < -0.3 is 20.5 Å². The highest BCUT2D eigenvalue weighted by atomic mass is 16.5. The summed E-state index contributed by atoms with van der Waals surface area (Å²) < 4.78 is 5.21. The monoisotopic (exact) mass is 369 g/mol. The average Bonchev–Trinajstić information content (AvgIpc) is 2.71. The first-order chi connectivity index (χ1) is 13.1. The Morgan fingerprint density at radius 2 is 1.93 bits per heavy atom. The molecule has 2 aromatic carbocycles.